The van der Waals surface area contributed by atoms with E-state index < -0.39 is 11.9 Å². The number of nitrogens with zero attached hydrogens (tertiary/aromatic N) is 8. The molecule has 49 heavy (non-hydrogen) atoms. The number of hydrogen-bond acceptors (Lipinski definition) is 9. The van der Waals surface area contributed by atoms with Crippen LogP contribution in [0.3, 0.4) is 0 Å². The summed E-state index contributed by atoms with van der Waals surface area (Å²) in [6.07, 6.45) is 1.52. The molecule has 0 radical (unpaired) electrons. The summed E-state index contributed by atoms with van der Waals surface area (Å²) < 4.78 is 38.9. The lowest BCUT2D eigenvalue weighted by Crippen LogP contribution is -2.46. The standard InChI is InChI=1S/C35H38Cl2N8O4/c1-3-25(2)45-34(46)44(24-40-45)29-7-5-27(6-8-29)41-14-16-42(17-15-41)28-9-11-30(12-10-28)47-19-31-20-48-35(49-31,21-43-23-38-22-39-43)32-13-4-26(36)18-33(32)37/h4-13,18,22-25,31H,3,14-17,19-21H2,1-2H3/i22D,23D. The fraction of sp³-hybridized carbons (Fsp3) is 0.371. The average molecular weight is 708 g/mol. The number of rotatable bonds is 11. The van der Waals surface area contributed by atoms with Crippen LogP contribution in [-0.4, -0.2) is 74.6 Å². The molecule has 2 aliphatic rings. The van der Waals surface area contributed by atoms with Gasteiger partial charge in [0.15, 0.2) is 0 Å². The lowest BCUT2D eigenvalue weighted by molar-refractivity contribution is -0.190. The Hall–Kier alpha value is -4.36. The van der Waals surface area contributed by atoms with E-state index in [4.69, 9.17) is 40.2 Å². The quantitative estimate of drug-likeness (QED) is 0.174. The molecule has 2 aliphatic heterocycles. The second kappa shape index (κ2) is 14.2. The van der Waals surface area contributed by atoms with E-state index in [1.54, 1.807) is 29.1 Å². The van der Waals surface area contributed by atoms with E-state index in [2.05, 4.69) is 49.2 Å². The van der Waals surface area contributed by atoms with Crippen molar-refractivity contribution in [3.05, 3.63) is 112 Å². The first-order chi connectivity index (χ1) is 24.6. The molecule has 5 aromatic rings. The monoisotopic (exact) mass is 706 g/mol. The third kappa shape index (κ3) is 7.04. The van der Waals surface area contributed by atoms with Gasteiger partial charge in [0.25, 0.3) is 0 Å². The Kier molecular flexibility index (Phi) is 8.92. The molecule has 12 nitrogen and oxygen atoms in total. The maximum atomic E-state index is 12.8. The van der Waals surface area contributed by atoms with Crippen molar-refractivity contribution in [2.24, 2.45) is 0 Å². The number of aromatic nitrogens is 6. The van der Waals surface area contributed by atoms with Crippen LogP contribution in [0.25, 0.3) is 5.69 Å². The van der Waals surface area contributed by atoms with Gasteiger partial charge in [0.2, 0.25) is 5.79 Å². The minimum absolute atomic E-state index is 0.0326. The van der Waals surface area contributed by atoms with Crippen molar-refractivity contribution >= 4 is 34.6 Å². The summed E-state index contributed by atoms with van der Waals surface area (Å²) in [7, 11) is 0. The maximum Gasteiger partial charge on any atom is 0.350 e. The van der Waals surface area contributed by atoms with Gasteiger partial charge in [-0.15, -0.1) is 0 Å². The first kappa shape index (κ1) is 30.7. The number of halogens is 2. The predicted octanol–water partition coefficient (Wildman–Crippen LogP) is 5.58. The van der Waals surface area contributed by atoms with Crippen LogP contribution in [0.4, 0.5) is 11.4 Å². The Morgan fingerprint density at radius 1 is 0.980 bits per heavy atom. The van der Waals surface area contributed by atoms with Gasteiger partial charge in [-0.05, 0) is 74.0 Å². The first-order valence-corrected chi connectivity index (χ1v) is 17.0. The van der Waals surface area contributed by atoms with Crippen molar-refractivity contribution in [2.75, 3.05) is 49.2 Å². The number of benzene rings is 3. The Morgan fingerprint density at radius 3 is 2.29 bits per heavy atom. The van der Waals surface area contributed by atoms with Gasteiger partial charge in [-0.25, -0.2) is 23.7 Å². The highest BCUT2D eigenvalue weighted by Gasteiger charge is 2.45. The van der Waals surface area contributed by atoms with Crippen LogP contribution in [0.2, 0.25) is 10.0 Å². The van der Waals surface area contributed by atoms with E-state index in [1.807, 2.05) is 38.1 Å². The highest BCUT2D eigenvalue weighted by atomic mass is 35.5. The van der Waals surface area contributed by atoms with Gasteiger partial charge >= 0.3 is 5.69 Å². The summed E-state index contributed by atoms with van der Waals surface area (Å²) in [6, 6.07) is 21.1. The molecule has 7 rings (SSSR count). The SMILES string of the molecule is [2H]c1nc([2H])n(CC2(c3ccc(Cl)cc3Cl)OCC(COc3ccc(N4CCN(c5ccc(-n6cnn(C(C)CC)c6=O)cc5)CC4)cc3)O2)n1. The van der Waals surface area contributed by atoms with Crippen LogP contribution in [0.5, 0.6) is 5.75 Å². The van der Waals surface area contributed by atoms with Gasteiger partial charge in [0.1, 0.15) is 46.7 Å². The molecule has 3 atom stereocenters. The second-order valence-electron chi connectivity index (χ2n) is 12.2. The van der Waals surface area contributed by atoms with Gasteiger partial charge in [-0.2, -0.15) is 10.2 Å². The fourth-order valence-corrected chi connectivity index (χ4v) is 6.71. The first-order valence-electron chi connectivity index (χ1n) is 17.3. The van der Waals surface area contributed by atoms with Crippen molar-refractivity contribution in [1.82, 2.24) is 29.1 Å². The van der Waals surface area contributed by atoms with E-state index >= 15 is 0 Å². The van der Waals surface area contributed by atoms with Crippen LogP contribution >= 0.6 is 23.2 Å². The molecule has 0 spiro atoms. The smallest absolute Gasteiger partial charge is 0.350 e. The number of anilines is 2. The molecule has 2 fully saturated rings. The molecule has 0 N–H and O–H groups in total. The van der Waals surface area contributed by atoms with E-state index in [0.717, 1.165) is 49.7 Å². The minimum Gasteiger partial charge on any atom is -0.491 e. The van der Waals surface area contributed by atoms with Gasteiger partial charge in [0.05, 0.1) is 23.4 Å². The van der Waals surface area contributed by atoms with E-state index in [1.165, 1.54) is 9.36 Å². The van der Waals surface area contributed by atoms with Crippen molar-refractivity contribution in [2.45, 2.75) is 44.7 Å². The van der Waals surface area contributed by atoms with E-state index in [0.29, 0.717) is 21.4 Å². The summed E-state index contributed by atoms with van der Waals surface area (Å²) in [5, 5.41) is 9.10. The minimum atomic E-state index is -1.38. The summed E-state index contributed by atoms with van der Waals surface area (Å²) >= 11 is 12.7. The molecular weight excluding hydrogens is 667 g/mol. The summed E-state index contributed by atoms with van der Waals surface area (Å²) in [5.74, 6) is -0.684. The van der Waals surface area contributed by atoms with Gasteiger partial charge in [-0.3, -0.25) is 0 Å². The van der Waals surface area contributed by atoms with Crippen LogP contribution in [0.15, 0.2) is 90.5 Å². The van der Waals surface area contributed by atoms with Gasteiger partial charge in [-0.1, -0.05) is 36.2 Å². The third-order valence-corrected chi connectivity index (χ3v) is 9.60. The molecular formula is C35H38Cl2N8O4. The molecule has 4 heterocycles. The fourth-order valence-electron chi connectivity index (χ4n) is 6.16. The third-order valence-electron chi connectivity index (χ3n) is 9.05. The molecule has 14 heteroatoms. The zero-order chi connectivity index (χ0) is 35.7. The molecule has 256 valence electrons. The van der Waals surface area contributed by atoms with E-state index in [9.17, 15) is 4.79 Å². The van der Waals surface area contributed by atoms with Crippen LogP contribution in [0, 0.1) is 0 Å². The van der Waals surface area contributed by atoms with Gasteiger partial charge < -0.3 is 24.0 Å². The molecule has 0 saturated carbocycles. The Balaban J connectivity index is 0.937. The molecule has 2 saturated heterocycles. The number of hydrogen-bond donors (Lipinski definition) is 0. The zero-order valence-corrected chi connectivity index (χ0v) is 28.7. The van der Waals surface area contributed by atoms with Crippen molar-refractivity contribution in [3.8, 4) is 11.4 Å². The Morgan fingerprint density at radius 2 is 1.65 bits per heavy atom. The summed E-state index contributed by atoms with van der Waals surface area (Å²) in [6.45, 7) is 7.87. The van der Waals surface area contributed by atoms with Crippen LogP contribution in [-0.2, 0) is 21.8 Å². The van der Waals surface area contributed by atoms with Crippen molar-refractivity contribution in [3.63, 3.8) is 0 Å². The number of ether oxygens (including phenoxy) is 3. The van der Waals surface area contributed by atoms with E-state index in [-0.39, 0.29) is 44.1 Å². The number of piperazine rings is 1. The Labute approximate surface area is 297 Å². The highest BCUT2D eigenvalue weighted by molar-refractivity contribution is 6.35. The molecule has 3 unspecified atom stereocenters. The van der Waals surface area contributed by atoms with Crippen molar-refractivity contribution in [1.29, 1.82) is 0 Å². The lowest BCUT2D eigenvalue weighted by Gasteiger charge is -2.37. The predicted molar refractivity (Wildman–Crippen MR) is 188 cm³/mol. The molecule has 0 amide bonds. The second-order valence-corrected chi connectivity index (χ2v) is 13.0. The topological polar surface area (TPSA) is 105 Å². The highest BCUT2D eigenvalue weighted by Crippen LogP contribution is 2.40. The molecule has 0 bridgehead atoms. The Bertz CT molecular complexity index is 2030. The molecule has 0 aliphatic carbocycles. The zero-order valence-electron chi connectivity index (χ0n) is 29.2. The van der Waals surface area contributed by atoms with Crippen molar-refractivity contribution < 1.29 is 17.0 Å². The lowest BCUT2D eigenvalue weighted by atomic mass is 10.1. The normalized spacial score (nSPS) is 20.7. The molecule has 2 aromatic heterocycles. The van der Waals surface area contributed by atoms with Crippen LogP contribution < -0.4 is 20.2 Å². The molecule has 3 aromatic carbocycles. The average Bonchev–Trinajstić information content (AvgIpc) is 3.83. The summed E-state index contributed by atoms with van der Waals surface area (Å²) in [4.78, 5) is 21.3. The maximum absolute atomic E-state index is 12.8. The van der Waals surface area contributed by atoms with Gasteiger partial charge in [0, 0.05) is 48.1 Å². The largest absolute Gasteiger partial charge is 0.491 e. The van der Waals surface area contributed by atoms with Crippen LogP contribution in [0.1, 0.15) is 34.6 Å². The summed E-state index contributed by atoms with van der Waals surface area (Å²) in [5.41, 5.74) is 3.43.